The van der Waals surface area contributed by atoms with Gasteiger partial charge in [-0.15, -0.1) is 0 Å². The average Bonchev–Trinajstić information content (AvgIpc) is 2.79. The van der Waals surface area contributed by atoms with Gasteiger partial charge >= 0.3 is 6.09 Å². The molecule has 0 radical (unpaired) electrons. The molecule has 0 spiro atoms. The van der Waals surface area contributed by atoms with Gasteiger partial charge in [-0.1, -0.05) is 31.2 Å². The van der Waals surface area contributed by atoms with E-state index in [2.05, 4.69) is 10.6 Å². The first-order valence-electron chi connectivity index (χ1n) is 12.5. The second kappa shape index (κ2) is 11.7. The number of nitrogens with one attached hydrogen (secondary N) is 2. The minimum absolute atomic E-state index is 0.0943. The molecule has 1 atom stereocenters. The standard InChI is InChI=1S/C29H41N3O5/c1-10-29(8,9)32(23(34)17-30-27(36)37-28(5,6)7)25(21-14-15-22(33)20(4)16-21)26(35)31-24-18(2)12-11-13-19(24)3/h11-16,25,33H,10,17H2,1-9H3,(H,30,36)(H,31,35). The molecule has 1 unspecified atom stereocenters. The Morgan fingerprint density at radius 3 is 2.08 bits per heavy atom. The van der Waals surface area contributed by atoms with Crippen molar-refractivity contribution < 1.29 is 24.2 Å². The zero-order valence-corrected chi connectivity index (χ0v) is 23.5. The van der Waals surface area contributed by atoms with Gasteiger partial charge in [-0.25, -0.2) is 4.79 Å². The molecule has 0 saturated heterocycles. The Bertz CT molecular complexity index is 1130. The maximum absolute atomic E-state index is 14.0. The summed E-state index contributed by atoms with van der Waals surface area (Å²) in [7, 11) is 0. The van der Waals surface area contributed by atoms with Crippen LogP contribution in [0.25, 0.3) is 0 Å². The lowest BCUT2D eigenvalue weighted by molar-refractivity contribution is -0.145. The van der Waals surface area contributed by atoms with Gasteiger partial charge in [0, 0.05) is 11.2 Å². The van der Waals surface area contributed by atoms with Crippen molar-refractivity contribution in [3.63, 3.8) is 0 Å². The number of hydrogen-bond donors (Lipinski definition) is 3. The van der Waals surface area contributed by atoms with Crippen molar-refractivity contribution in [3.8, 4) is 5.75 Å². The van der Waals surface area contributed by atoms with E-state index in [1.165, 1.54) is 11.0 Å². The lowest BCUT2D eigenvalue weighted by atomic mass is 9.92. The van der Waals surface area contributed by atoms with Crippen LogP contribution in [0.15, 0.2) is 36.4 Å². The second-order valence-electron chi connectivity index (χ2n) is 11.0. The zero-order valence-electron chi connectivity index (χ0n) is 23.5. The van der Waals surface area contributed by atoms with Gasteiger partial charge in [-0.3, -0.25) is 9.59 Å². The fourth-order valence-electron chi connectivity index (χ4n) is 4.02. The molecular formula is C29H41N3O5. The van der Waals surface area contributed by atoms with E-state index in [-0.39, 0.29) is 12.3 Å². The number of rotatable bonds is 8. The molecule has 0 saturated carbocycles. The van der Waals surface area contributed by atoms with Gasteiger partial charge in [0.25, 0.3) is 5.91 Å². The van der Waals surface area contributed by atoms with Crippen molar-refractivity contribution in [1.29, 1.82) is 0 Å². The fraction of sp³-hybridized carbons (Fsp3) is 0.483. The Morgan fingerprint density at radius 2 is 1.57 bits per heavy atom. The first-order chi connectivity index (χ1) is 17.1. The fourth-order valence-corrected chi connectivity index (χ4v) is 4.02. The third-order valence-corrected chi connectivity index (χ3v) is 6.34. The van der Waals surface area contributed by atoms with Gasteiger partial charge < -0.3 is 25.4 Å². The van der Waals surface area contributed by atoms with E-state index in [1.54, 1.807) is 39.8 Å². The molecule has 0 fully saturated rings. The van der Waals surface area contributed by atoms with Crippen LogP contribution >= 0.6 is 0 Å². The quantitative estimate of drug-likeness (QED) is 0.431. The maximum Gasteiger partial charge on any atom is 0.408 e. The van der Waals surface area contributed by atoms with Crippen LogP contribution in [0.2, 0.25) is 0 Å². The topological polar surface area (TPSA) is 108 Å². The van der Waals surface area contributed by atoms with Crippen LogP contribution in [0, 0.1) is 20.8 Å². The number of phenolic OH excluding ortho intramolecular Hbond substituents is 1. The molecule has 3 N–H and O–H groups in total. The van der Waals surface area contributed by atoms with E-state index < -0.39 is 35.1 Å². The number of aromatic hydroxyl groups is 1. The second-order valence-corrected chi connectivity index (χ2v) is 11.0. The van der Waals surface area contributed by atoms with Crippen molar-refractivity contribution >= 4 is 23.6 Å². The predicted molar refractivity (Wildman–Crippen MR) is 146 cm³/mol. The Kier molecular flexibility index (Phi) is 9.36. The molecule has 0 aliphatic carbocycles. The van der Waals surface area contributed by atoms with E-state index in [4.69, 9.17) is 4.74 Å². The summed E-state index contributed by atoms with van der Waals surface area (Å²) in [6.45, 7) is 16.1. The number of carbonyl (C=O) groups excluding carboxylic acids is 3. The Balaban J connectivity index is 2.55. The van der Waals surface area contributed by atoms with Crippen LogP contribution in [-0.2, 0) is 14.3 Å². The first-order valence-corrected chi connectivity index (χ1v) is 12.5. The number of anilines is 1. The number of carbonyl (C=O) groups is 3. The molecule has 8 heteroatoms. The molecule has 37 heavy (non-hydrogen) atoms. The third kappa shape index (κ3) is 7.71. The summed E-state index contributed by atoms with van der Waals surface area (Å²) < 4.78 is 5.28. The van der Waals surface area contributed by atoms with Crippen molar-refractivity contribution in [2.45, 2.75) is 85.9 Å². The normalized spacial score (nSPS) is 12.5. The summed E-state index contributed by atoms with van der Waals surface area (Å²) in [5.74, 6) is -0.739. The largest absolute Gasteiger partial charge is 0.508 e. The Labute approximate surface area is 220 Å². The highest BCUT2D eigenvalue weighted by Gasteiger charge is 2.40. The number of aryl methyl sites for hydroxylation is 3. The van der Waals surface area contributed by atoms with Crippen LogP contribution < -0.4 is 10.6 Å². The average molecular weight is 512 g/mol. The molecule has 3 amide bonds. The van der Waals surface area contributed by atoms with Crippen molar-refractivity contribution in [2.24, 2.45) is 0 Å². The number of alkyl carbamates (subject to hydrolysis) is 1. The summed E-state index contributed by atoms with van der Waals surface area (Å²) in [5, 5.41) is 15.7. The number of nitrogens with zero attached hydrogens (tertiary/aromatic N) is 1. The van der Waals surface area contributed by atoms with Crippen LogP contribution in [0.3, 0.4) is 0 Å². The maximum atomic E-state index is 14.0. The van der Waals surface area contributed by atoms with Crippen molar-refractivity contribution in [1.82, 2.24) is 10.2 Å². The van der Waals surface area contributed by atoms with Crippen LogP contribution in [0.1, 0.15) is 76.3 Å². The SMILES string of the molecule is CCC(C)(C)N(C(=O)CNC(=O)OC(C)(C)C)C(C(=O)Nc1c(C)cccc1C)c1ccc(O)c(C)c1. The lowest BCUT2D eigenvalue weighted by Crippen LogP contribution is -2.55. The predicted octanol–water partition coefficient (Wildman–Crippen LogP) is 5.54. The number of amides is 3. The Hall–Kier alpha value is -3.55. The molecule has 0 aliphatic heterocycles. The highest BCUT2D eigenvalue weighted by molar-refractivity contribution is 5.99. The summed E-state index contributed by atoms with van der Waals surface area (Å²) in [5.41, 5.74) is 2.14. The van der Waals surface area contributed by atoms with Gasteiger partial charge in [0.2, 0.25) is 5.91 Å². The number of phenols is 1. The molecule has 202 valence electrons. The number of ether oxygens (including phenoxy) is 1. The number of para-hydroxylation sites is 1. The number of hydrogen-bond acceptors (Lipinski definition) is 5. The first kappa shape index (κ1) is 29.7. The van der Waals surface area contributed by atoms with Gasteiger partial charge in [0.15, 0.2) is 0 Å². The van der Waals surface area contributed by atoms with E-state index in [1.807, 2.05) is 52.8 Å². The Morgan fingerprint density at radius 1 is 0.973 bits per heavy atom. The molecule has 2 aromatic carbocycles. The molecule has 0 aromatic heterocycles. The highest BCUT2D eigenvalue weighted by atomic mass is 16.6. The minimum atomic E-state index is -1.03. The van der Waals surface area contributed by atoms with Gasteiger partial charge in [-0.05, 0) is 96.2 Å². The molecule has 2 rings (SSSR count). The smallest absolute Gasteiger partial charge is 0.408 e. The monoisotopic (exact) mass is 511 g/mol. The summed E-state index contributed by atoms with van der Waals surface area (Å²) in [6, 6.07) is 9.57. The van der Waals surface area contributed by atoms with Crippen molar-refractivity contribution in [3.05, 3.63) is 58.7 Å². The molecule has 8 nitrogen and oxygen atoms in total. The zero-order chi connectivity index (χ0) is 28.1. The number of benzene rings is 2. The van der Waals surface area contributed by atoms with E-state index in [9.17, 15) is 19.5 Å². The summed E-state index contributed by atoms with van der Waals surface area (Å²) >= 11 is 0. The highest BCUT2D eigenvalue weighted by Crippen LogP contribution is 2.34. The van der Waals surface area contributed by atoms with E-state index in [0.717, 1.165) is 11.1 Å². The van der Waals surface area contributed by atoms with E-state index in [0.29, 0.717) is 23.2 Å². The van der Waals surface area contributed by atoms with Crippen LogP contribution in [0.4, 0.5) is 10.5 Å². The third-order valence-electron chi connectivity index (χ3n) is 6.34. The molecule has 0 aliphatic rings. The molecule has 0 heterocycles. The van der Waals surface area contributed by atoms with Gasteiger partial charge in [0.1, 0.15) is 23.9 Å². The molecular weight excluding hydrogens is 470 g/mol. The van der Waals surface area contributed by atoms with Crippen LogP contribution in [0.5, 0.6) is 5.75 Å². The van der Waals surface area contributed by atoms with Gasteiger partial charge in [0.05, 0.1) is 0 Å². The molecule has 2 aromatic rings. The minimum Gasteiger partial charge on any atom is -0.508 e. The lowest BCUT2D eigenvalue weighted by Gasteiger charge is -2.43. The van der Waals surface area contributed by atoms with Crippen molar-refractivity contribution in [2.75, 3.05) is 11.9 Å². The molecule has 0 bridgehead atoms. The van der Waals surface area contributed by atoms with Gasteiger partial charge in [-0.2, -0.15) is 0 Å². The van der Waals surface area contributed by atoms with E-state index >= 15 is 0 Å². The summed E-state index contributed by atoms with van der Waals surface area (Å²) in [6.07, 6.45) is -0.165. The summed E-state index contributed by atoms with van der Waals surface area (Å²) in [4.78, 5) is 41.4. The van der Waals surface area contributed by atoms with Crippen LogP contribution in [-0.4, -0.2) is 45.6 Å².